The Balaban J connectivity index is 1.63. The number of nitrogens with two attached hydrogens (primary N) is 1. The van der Waals surface area contributed by atoms with Crippen molar-refractivity contribution in [3.8, 4) is 28.1 Å². The van der Waals surface area contributed by atoms with Crippen LogP contribution in [0.15, 0.2) is 35.1 Å². The van der Waals surface area contributed by atoms with Gasteiger partial charge in [-0.15, -0.1) is 0 Å². The van der Waals surface area contributed by atoms with E-state index in [2.05, 4.69) is 14.5 Å². The number of benzene rings is 1. The first-order chi connectivity index (χ1) is 15.1. The van der Waals surface area contributed by atoms with Crippen LogP contribution in [0.2, 0.25) is 0 Å². The van der Waals surface area contributed by atoms with E-state index in [1.54, 1.807) is 13.3 Å². The summed E-state index contributed by atoms with van der Waals surface area (Å²) >= 11 is 0. The molecule has 0 atom stereocenters. The highest BCUT2D eigenvalue weighted by atomic mass is 16.5. The van der Waals surface area contributed by atoms with Crippen molar-refractivity contribution in [2.75, 3.05) is 12.8 Å². The van der Waals surface area contributed by atoms with Crippen LogP contribution >= 0.6 is 0 Å². The topological polar surface area (TPSA) is 91.5 Å². The lowest BCUT2D eigenvalue weighted by atomic mass is 9.87. The van der Waals surface area contributed by atoms with Gasteiger partial charge in [-0.25, -0.2) is 4.98 Å². The molecule has 1 saturated carbocycles. The number of fused-ring (bicyclic) bond motifs is 1. The van der Waals surface area contributed by atoms with Crippen LogP contribution in [0.4, 0.5) is 5.82 Å². The maximum Gasteiger partial charge on any atom is 0.157 e. The molecule has 3 aromatic heterocycles. The molecular formula is C24H27N5O2. The van der Waals surface area contributed by atoms with Gasteiger partial charge in [0.1, 0.15) is 23.0 Å². The van der Waals surface area contributed by atoms with Crippen molar-refractivity contribution >= 4 is 11.5 Å². The summed E-state index contributed by atoms with van der Waals surface area (Å²) in [6.45, 7) is 3.85. The first kappa shape index (κ1) is 19.6. The van der Waals surface area contributed by atoms with E-state index >= 15 is 0 Å². The number of rotatable bonds is 4. The summed E-state index contributed by atoms with van der Waals surface area (Å²) in [5.74, 6) is 2.59. The average molecular weight is 418 g/mol. The molecule has 0 unspecified atom stereocenters. The Hall–Kier alpha value is -3.35. The van der Waals surface area contributed by atoms with Crippen molar-refractivity contribution < 1.29 is 9.26 Å². The molecule has 0 amide bonds. The summed E-state index contributed by atoms with van der Waals surface area (Å²) in [7, 11) is 1.66. The second-order valence-corrected chi connectivity index (χ2v) is 8.32. The Labute approximate surface area is 181 Å². The van der Waals surface area contributed by atoms with Gasteiger partial charge in [0.25, 0.3) is 0 Å². The van der Waals surface area contributed by atoms with Crippen LogP contribution in [0, 0.1) is 13.8 Å². The van der Waals surface area contributed by atoms with E-state index in [4.69, 9.17) is 20.0 Å². The van der Waals surface area contributed by atoms with Gasteiger partial charge in [0.2, 0.25) is 0 Å². The Morgan fingerprint density at radius 1 is 1.13 bits per heavy atom. The molecule has 0 radical (unpaired) electrons. The van der Waals surface area contributed by atoms with Crippen LogP contribution in [0.5, 0.6) is 5.75 Å². The standard InChI is InChI=1S/C24H27N5O2/c1-14-22(15(2)31-28-14)17-9-10-18(20(11-17)30-3)23-24(25)29-19(12-26-13-21(29)27-23)16-7-5-4-6-8-16/h9-13,16H,4-8,25H2,1-3H3. The number of methoxy groups -OCH3 is 1. The number of nitrogen functional groups attached to an aromatic ring is 1. The van der Waals surface area contributed by atoms with E-state index in [9.17, 15) is 0 Å². The second kappa shape index (κ2) is 7.72. The number of aromatic nitrogens is 4. The number of aryl methyl sites for hydroxylation is 2. The molecule has 7 nitrogen and oxygen atoms in total. The molecule has 0 aliphatic heterocycles. The first-order valence-electron chi connectivity index (χ1n) is 10.8. The monoisotopic (exact) mass is 417 g/mol. The van der Waals surface area contributed by atoms with Crippen molar-refractivity contribution in [3.05, 3.63) is 47.7 Å². The molecule has 0 bridgehead atoms. The van der Waals surface area contributed by atoms with E-state index in [-0.39, 0.29) is 0 Å². The molecule has 2 N–H and O–H groups in total. The van der Waals surface area contributed by atoms with Crippen LogP contribution in [0.25, 0.3) is 28.0 Å². The summed E-state index contributed by atoms with van der Waals surface area (Å²) in [6, 6.07) is 6.03. The molecule has 5 rings (SSSR count). The van der Waals surface area contributed by atoms with Crippen molar-refractivity contribution in [3.63, 3.8) is 0 Å². The predicted molar refractivity (Wildman–Crippen MR) is 120 cm³/mol. The van der Waals surface area contributed by atoms with Gasteiger partial charge in [0.05, 0.1) is 19.0 Å². The highest BCUT2D eigenvalue weighted by Gasteiger charge is 2.23. The number of hydrogen-bond donors (Lipinski definition) is 1. The van der Waals surface area contributed by atoms with Gasteiger partial charge in [0.15, 0.2) is 5.65 Å². The van der Waals surface area contributed by atoms with E-state index in [0.717, 1.165) is 39.5 Å². The first-order valence-corrected chi connectivity index (χ1v) is 10.8. The maximum atomic E-state index is 6.68. The Kier molecular flexibility index (Phi) is 4.88. The molecule has 7 heteroatoms. The zero-order valence-corrected chi connectivity index (χ0v) is 18.2. The lowest BCUT2D eigenvalue weighted by Gasteiger charge is -2.22. The minimum Gasteiger partial charge on any atom is -0.496 e. The highest BCUT2D eigenvalue weighted by molar-refractivity contribution is 5.82. The lowest BCUT2D eigenvalue weighted by molar-refractivity contribution is 0.393. The van der Waals surface area contributed by atoms with Crippen molar-refractivity contribution in [2.45, 2.75) is 51.9 Å². The Bertz CT molecular complexity index is 1230. The molecule has 1 fully saturated rings. The molecule has 4 aromatic rings. The molecule has 3 heterocycles. The fourth-order valence-corrected chi connectivity index (χ4v) is 4.87. The fourth-order valence-electron chi connectivity index (χ4n) is 4.87. The summed E-state index contributed by atoms with van der Waals surface area (Å²) in [5.41, 5.74) is 13.0. The smallest absolute Gasteiger partial charge is 0.157 e. The van der Waals surface area contributed by atoms with Gasteiger partial charge in [-0.05, 0) is 44.4 Å². The SMILES string of the molecule is COc1cc(-c2c(C)noc2C)ccc1-c1nc2cncc(C3CCCCC3)n2c1N. The molecule has 1 aromatic carbocycles. The summed E-state index contributed by atoms with van der Waals surface area (Å²) in [6.07, 6.45) is 9.87. The van der Waals surface area contributed by atoms with Crippen LogP contribution in [-0.4, -0.2) is 26.6 Å². The average Bonchev–Trinajstić information content (AvgIpc) is 3.32. The van der Waals surface area contributed by atoms with Crippen LogP contribution in [-0.2, 0) is 0 Å². The largest absolute Gasteiger partial charge is 0.496 e. The molecular weight excluding hydrogens is 390 g/mol. The quantitative estimate of drug-likeness (QED) is 0.484. The predicted octanol–water partition coefficient (Wildman–Crippen LogP) is 5.31. The zero-order chi connectivity index (χ0) is 21.5. The van der Waals surface area contributed by atoms with Gasteiger partial charge in [0, 0.05) is 28.9 Å². The highest BCUT2D eigenvalue weighted by Crippen LogP contribution is 2.40. The zero-order valence-electron chi connectivity index (χ0n) is 18.2. The number of hydrogen-bond acceptors (Lipinski definition) is 6. The van der Waals surface area contributed by atoms with Gasteiger partial charge in [-0.3, -0.25) is 9.38 Å². The molecule has 0 saturated heterocycles. The third-order valence-corrected chi connectivity index (χ3v) is 6.40. The minimum atomic E-state index is 0.470. The van der Waals surface area contributed by atoms with E-state index in [1.807, 2.05) is 38.2 Å². The number of ether oxygens (including phenoxy) is 1. The normalized spacial score (nSPS) is 14.9. The van der Waals surface area contributed by atoms with Crippen LogP contribution in [0.1, 0.15) is 55.2 Å². The summed E-state index contributed by atoms with van der Waals surface area (Å²) in [4.78, 5) is 9.30. The van der Waals surface area contributed by atoms with Gasteiger partial charge in [-0.2, -0.15) is 0 Å². The summed E-state index contributed by atoms with van der Waals surface area (Å²) < 4.78 is 13.1. The molecule has 1 aliphatic carbocycles. The second-order valence-electron chi connectivity index (χ2n) is 8.32. The molecule has 1 aliphatic rings. The lowest BCUT2D eigenvalue weighted by Crippen LogP contribution is -2.11. The third kappa shape index (κ3) is 3.24. The van der Waals surface area contributed by atoms with Crippen LogP contribution < -0.4 is 10.5 Å². The Morgan fingerprint density at radius 2 is 1.94 bits per heavy atom. The minimum absolute atomic E-state index is 0.470. The number of nitrogens with zero attached hydrogens (tertiary/aromatic N) is 4. The van der Waals surface area contributed by atoms with Gasteiger partial charge in [-0.1, -0.05) is 30.5 Å². The van der Waals surface area contributed by atoms with Crippen molar-refractivity contribution in [1.82, 2.24) is 19.5 Å². The van der Waals surface area contributed by atoms with Gasteiger partial charge < -0.3 is 15.0 Å². The van der Waals surface area contributed by atoms with Crippen LogP contribution in [0.3, 0.4) is 0 Å². The van der Waals surface area contributed by atoms with Crippen molar-refractivity contribution in [2.24, 2.45) is 0 Å². The number of anilines is 1. The molecule has 160 valence electrons. The van der Waals surface area contributed by atoms with Crippen molar-refractivity contribution in [1.29, 1.82) is 0 Å². The third-order valence-electron chi connectivity index (χ3n) is 6.40. The van der Waals surface area contributed by atoms with Gasteiger partial charge >= 0.3 is 0 Å². The Morgan fingerprint density at radius 3 is 2.65 bits per heavy atom. The van der Waals surface area contributed by atoms with E-state index in [0.29, 0.717) is 23.2 Å². The fraction of sp³-hybridized carbons (Fsp3) is 0.375. The maximum absolute atomic E-state index is 6.68. The summed E-state index contributed by atoms with van der Waals surface area (Å²) in [5, 5.41) is 4.07. The molecule has 31 heavy (non-hydrogen) atoms. The molecule has 0 spiro atoms. The number of imidazole rings is 1. The van der Waals surface area contributed by atoms with E-state index < -0.39 is 0 Å². The van der Waals surface area contributed by atoms with E-state index in [1.165, 1.54) is 32.1 Å².